The predicted octanol–water partition coefficient (Wildman–Crippen LogP) is 4.94. The summed E-state index contributed by atoms with van der Waals surface area (Å²) in [4.78, 5) is 24.1. The van der Waals surface area contributed by atoms with Crippen LogP contribution in [0.3, 0.4) is 0 Å². The number of esters is 1. The van der Waals surface area contributed by atoms with Gasteiger partial charge in [0.1, 0.15) is 11.9 Å². The Bertz CT molecular complexity index is 662. The van der Waals surface area contributed by atoms with Gasteiger partial charge in [-0.15, -0.1) is 0 Å². The van der Waals surface area contributed by atoms with Gasteiger partial charge in [0.05, 0.1) is 0 Å². The molecule has 3 saturated carbocycles. The summed E-state index contributed by atoms with van der Waals surface area (Å²) in [5.74, 6) is 2.46. The molecule has 26 heavy (non-hydrogen) atoms. The molecule has 0 aromatic rings. The number of hydrogen-bond acceptors (Lipinski definition) is 3. The van der Waals surface area contributed by atoms with Crippen molar-refractivity contribution in [2.24, 2.45) is 39.9 Å². The predicted molar refractivity (Wildman–Crippen MR) is 101 cm³/mol. The molecule has 4 aliphatic rings. The van der Waals surface area contributed by atoms with Crippen LogP contribution in [-0.2, 0) is 14.3 Å². The number of ether oxygens (including phenoxy) is 1. The average Bonchev–Trinajstić information content (AvgIpc) is 2.88. The van der Waals surface area contributed by atoms with Gasteiger partial charge >= 0.3 is 5.97 Å². The first-order valence-electron chi connectivity index (χ1n) is 10.5. The number of Topliss-reactive ketones (excluding diaryl/α,β-unsaturated/α-hetero) is 1. The summed E-state index contributed by atoms with van der Waals surface area (Å²) in [7, 11) is 0. The maximum atomic E-state index is 12.6. The van der Waals surface area contributed by atoms with E-state index in [4.69, 9.17) is 4.74 Å². The second-order valence-electron chi connectivity index (χ2n) is 10.5. The van der Waals surface area contributed by atoms with Crippen LogP contribution in [-0.4, -0.2) is 17.9 Å². The summed E-state index contributed by atoms with van der Waals surface area (Å²) in [5, 5.41) is 0. The van der Waals surface area contributed by atoms with Gasteiger partial charge in [-0.2, -0.15) is 0 Å². The van der Waals surface area contributed by atoms with Crippen LogP contribution in [0.4, 0.5) is 0 Å². The number of allylic oxidation sites excluding steroid dienone is 2. The van der Waals surface area contributed by atoms with Crippen molar-refractivity contribution >= 4 is 11.8 Å². The van der Waals surface area contributed by atoms with Crippen LogP contribution in [0.1, 0.15) is 73.1 Å². The van der Waals surface area contributed by atoms with E-state index in [1.54, 1.807) is 0 Å². The second-order valence-corrected chi connectivity index (χ2v) is 10.5. The molecule has 0 aromatic carbocycles. The molecular weight excluding hydrogens is 324 g/mol. The van der Waals surface area contributed by atoms with E-state index in [9.17, 15) is 9.59 Å². The van der Waals surface area contributed by atoms with Crippen molar-refractivity contribution in [2.75, 3.05) is 0 Å². The molecule has 0 spiro atoms. The van der Waals surface area contributed by atoms with E-state index in [-0.39, 0.29) is 28.3 Å². The minimum absolute atomic E-state index is 0.0780. The van der Waals surface area contributed by atoms with Crippen LogP contribution >= 0.6 is 0 Å². The van der Waals surface area contributed by atoms with E-state index in [1.165, 1.54) is 13.3 Å². The number of carbonyl (C=O) groups is 2. The molecule has 0 aliphatic heterocycles. The summed E-state index contributed by atoms with van der Waals surface area (Å²) >= 11 is 0. The van der Waals surface area contributed by atoms with Crippen molar-refractivity contribution in [1.82, 2.24) is 0 Å². The highest BCUT2D eigenvalue weighted by atomic mass is 16.5. The number of hydrogen-bond donors (Lipinski definition) is 0. The number of carbonyl (C=O) groups excluding carboxylic acids is 2. The van der Waals surface area contributed by atoms with Crippen molar-refractivity contribution in [2.45, 2.75) is 79.2 Å². The van der Waals surface area contributed by atoms with Crippen LogP contribution in [0, 0.1) is 39.9 Å². The van der Waals surface area contributed by atoms with E-state index >= 15 is 0 Å². The normalized spacial score (nSPS) is 49.1. The third-order valence-corrected chi connectivity index (χ3v) is 9.02. The molecule has 0 bridgehead atoms. The van der Waals surface area contributed by atoms with Gasteiger partial charge in [0, 0.05) is 24.2 Å². The Balaban J connectivity index is 1.68. The van der Waals surface area contributed by atoms with Crippen molar-refractivity contribution in [3.63, 3.8) is 0 Å². The molecule has 3 heteroatoms. The topological polar surface area (TPSA) is 43.4 Å². The fraction of sp³-hybridized carbons (Fsp3) is 0.826. The minimum atomic E-state index is -0.245. The van der Waals surface area contributed by atoms with E-state index in [0.29, 0.717) is 29.5 Å². The third kappa shape index (κ3) is 2.31. The molecule has 4 aliphatic carbocycles. The molecule has 0 heterocycles. The Morgan fingerprint density at radius 2 is 1.69 bits per heavy atom. The standard InChI is InChI=1S/C23H34O3/c1-14(24)26-20-9-7-16-15-6-8-18-21(2,3)19(25)11-13-22(18,4)17(15)10-12-23(16,20)5/h6,8,15-18,20H,7,9-13H2,1-5H3/t15-,16+,17-,18+,20+,22-,23+/m1/s1. The molecule has 4 rings (SSSR count). The second kappa shape index (κ2) is 5.69. The van der Waals surface area contributed by atoms with E-state index < -0.39 is 0 Å². The Labute approximate surface area is 157 Å². The fourth-order valence-corrected chi connectivity index (χ4v) is 7.55. The lowest BCUT2D eigenvalue weighted by Crippen LogP contribution is -2.57. The van der Waals surface area contributed by atoms with Gasteiger partial charge in [-0.25, -0.2) is 0 Å². The molecule has 3 fully saturated rings. The van der Waals surface area contributed by atoms with Gasteiger partial charge < -0.3 is 4.74 Å². The van der Waals surface area contributed by atoms with E-state index in [0.717, 1.165) is 32.1 Å². The van der Waals surface area contributed by atoms with Gasteiger partial charge in [0.25, 0.3) is 0 Å². The maximum absolute atomic E-state index is 12.6. The van der Waals surface area contributed by atoms with Crippen molar-refractivity contribution in [3.8, 4) is 0 Å². The summed E-state index contributed by atoms with van der Waals surface area (Å²) in [6.45, 7) is 10.7. The summed E-state index contributed by atoms with van der Waals surface area (Å²) in [6, 6.07) is 0. The highest BCUT2D eigenvalue weighted by molar-refractivity contribution is 5.85. The molecule has 0 amide bonds. The molecule has 0 aromatic heterocycles. The van der Waals surface area contributed by atoms with Gasteiger partial charge in [0.2, 0.25) is 0 Å². The minimum Gasteiger partial charge on any atom is -0.462 e. The van der Waals surface area contributed by atoms with Crippen LogP contribution in [0.5, 0.6) is 0 Å². The van der Waals surface area contributed by atoms with Gasteiger partial charge in [-0.3, -0.25) is 9.59 Å². The quantitative estimate of drug-likeness (QED) is 0.492. The number of fused-ring (bicyclic) bond motifs is 5. The van der Waals surface area contributed by atoms with Gasteiger partial charge in [-0.05, 0) is 61.2 Å². The maximum Gasteiger partial charge on any atom is 0.302 e. The molecule has 7 atom stereocenters. The first-order chi connectivity index (χ1) is 12.1. The van der Waals surface area contributed by atoms with Crippen LogP contribution < -0.4 is 0 Å². The largest absolute Gasteiger partial charge is 0.462 e. The third-order valence-electron chi connectivity index (χ3n) is 9.02. The Morgan fingerprint density at radius 3 is 2.38 bits per heavy atom. The smallest absolute Gasteiger partial charge is 0.302 e. The van der Waals surface area contributed by atoms with Crippen LogP contribution in [0.15, 0.2) is 12.2 Å². The van der Waals surface area contributed by atoms with Gasteiger partial charge in [0.15, 0.2) is 0 Å². The SMILES string of the molecule is CC(=O)O[C@H]1CC[C@H]2[C@H]3C=C[C@H]4C(C)(C)C(=O)CC[C@]4(C)[C@@H]3CC[C@]12C. The van der Waals surface area contributed by atoms with Crippen molar-refractivity contribution in [1.29, 1.82) is 0 Å². The highest BCUT2D eigenvalue weighted by Crippen LogP contribution is 2.66. The molecule has 3 nitrogen and oxygen atoms in total. The number of rotatable bonds is 1. The Morgan fingerprint density at radius 1 is 1.00 bits per heavy atom. The first kappa shape index (κ1) is 18.3. The summed E-state index contributed by atoms with van der Waals surface area (Å²) in [5.41, 5.74) is 0.0865. The highest BCUT2D eigenvalue weighted by Gasteiger charge is 2.62. The van der Waals surface area contributed by atoms with Crippen molar-refractivity contribution in [3.05, 3.63) is 12.2 Å². The lowest BCUT2D eigenvalue weighted by atomic mass is 9.43. The zero-order chi connectivity index (χ0) is 18.9. The summed E-state index contributed by atoms with van der Waals surface area (Å²) in [6.07, 6.45) is 11.2. The van der Waals surface area contributed by atoms with E-state index in [1.807, 2.05) is 0 Å². The molecular formula is C23H34O3. The monoisotopic (exact) mass is 358 g/mol. The molecule has 144 valence electrons. The van der Waals surface area contributed by atoms with Crippen molar-refractivity contribution < 1.29 is 14.3 Å². The molecule has 0 radical (unpaired) electrons. The number of ketones is 1. The average molecular weight is 359 g/mol. The van der Waals surface area contributed by atoms with E-state index in [2.05, 4.69) is 39.8 Å². The van der Waals surface area contributed by atoms with Gasteiger partial charge in [-0.1, -0.05) is 39.8 Å². The van der Waals surface area contributed by atoms with Crippen LogP contribution in [0.2, 0.25) is 0 Å². The Hall–Kier alpha value is -1.12. The lowest BCUT2D eigenvalue weighted by molar-refractivity contribution is -0.159. The van der Waals surface area contributed by atoms with Crippen LogP contribution in [0.25, 0.3) is 0 Å². The first-order valence-corrected chi connectivity index (χ1v) is 10.5. The Kier molecular flexibility index (Phi) is 3.99. The molecule has 0 unspecified atom stereocenters. The zero-order valence-corrected chi connectivity index (χ0v) is 17.0. The summed E-state index contributed by atoms with van der Waals surface area (Å²) < 4.78 is 5.73. The lowest BCUT2D eigenvalue weighted by Gasteiger charge is -2.60. The fourth-order valence-electron chi connectivity index (χ4n) is 7.55. The molecule has 0 saturated heterocycles. The zero-order valence-electron chi connectivity index (χ0n) is 17.0. The molecule has 0 N–H and O–H groups in total.